The van der Waals surface area contributed by atoms with Crippen molar-refractivity contribution in [3.05, 3.63) is 42.0 Å². The molecule has 2 aromatic carbocycles. The summed E-state index contributed by atoms with van der Waals surface area (Å²) in [6.07, 6.45) is -0.120. The molecule has 3 aromatic rings. The van der Waals surface area contributed by atoms with Crippen LogP contribution in [0.1, 0.15) is 12.5 Å². The highest BCUT2D eigenvalue weighted by Crippen LogP contribution is 2.39. The van der Waals surface area contributed by atoms with Crippen LogP contribution in [-0.4, -0.2) is 36.9 Å². The predicted octanol–water partition coefficient (Wildman–Crippen LogP) is 3.88. The van der Waals surface area contributed by atoms with E-state index in [2.05, 4.69) is 4.98 Å². The molecule has 136 valence electrons. The maximum atomic E-state index is 11.5. The third-order valence-electron chi connectivity index (χ3n) is 4.19. The lowest BCUT2D eigenvalue weighted by Gasteiger charge is -2.11. The first-order valence-corrected chi connectivity index (χ1v) is 8.29. The first-order chi connectivity index (χ1) is 12.6. The van der Waals surface area contributed by atoms with E-state index < -0.39 is 5.97 Å². The van der Waals surface area contributed by atoms with Crippen LogP contribution in [0.4, 0.5) is 0 Å². The summed E-state index contributed by atoms with van der Waals surface area (Å²) in [7, 11) is 3.17. The summed E-state index contributed by atoms with van der Waals surface area (Å²) < 4.78 is 16.4. The Morgan fingerprint density at radius 3 is 2.50 bits per heavy atom. The molecule has 1 heterocycles. The number of aromatic nitrogens is 1. The average molecular weight is 355 g/mol. The predicted molar refractivity (Wildman–Crippen MR) is 99.3 cm³/mol. The summed E-state index contributed by atoms with van der Waals surface area (Å²) >= 11 is 0. The van der Waals surface area contributed by atoms with Crippen molar-refractivity contribution in [2.24, 2.45) is 0 Å². The molecule has 0 aliphatic heterocycles. The van der Waals surface area contributed by atoms with Gasteiger partial charge in [-0.2, -0.15) is 0 Å². The van der Waals surface area contributed by atoms with E-state index in [0.29, 0.717) is 35.1 Å². The monoisotopic (exact) mass is 355 g/mol. The van der Waals surface area contributed by atoms with Gasteiger partial charge in [-0.25, -0.2) is 0 Å². The summed E-state index contributed by atoms with van der Waals surface area (Å²) in [4.78, 5) is 14.8. The third-order valence-corrected chi connectivity index (χ3v) is 4.19. The number of benzene rings is 2. The minimum atomic E-state index is -0.907. The normalized spacial score (nSPS) is 10.7. The number of hydrogen-bond acceptors (Lipinski definition) is 4. The highest BCUT2D eigenvalue weighted by Gasteiger charge is 2.19. The Labute approximate surface area is 151 Å². The van der Waals surface area contributed by atoms with Crippen LogP contribution in [-0.2, 0) is 11.2 Å². The summed E-state index contributed by atoms with van der Waals surface area (Å²) in [6.45, 7) is 2.45. The van der Waals surface area contributed by atoms with E-state index in [-0.39, 0.29) is 6.42 Å². The second-order valence-corrected chi connectivity index (χ2v) is 5.76. The Balaban J connectivity index is 2.26. The number of methoxy groups -OCH3 is 2. The van der Waals surface area contributed by atoms with Gasteiger partial charge < -0.3 is 24.3 Å². The number of fused-ring (bicyclic) bond motifs is 1. The zero-order valence-corrected chi connectivity index (χ0v) is 15.0. The minimum absolute atomic E-state index is 0.120. The van der Waals surface area contributed by atoms with Crippen molar-refractivity contribution in [1.29, 1.82) is 0 Å². The third kappa shape index (κ3) is 3.31. The van der Waals surface area contributed by atoms with Crippen LogP contribution in [0.5, 0.6) is 17.2 Å². The van der Waals surface area contributed by atoms with Crippen LogP contribution in [0.25, 0.3) is 22.2 Å². The van der Waals surface area contributed by atoms with E-state index in [1.807, 2.05) is 31.2 Å². The number of nitrogens with one attached hydrogen (secondary N) is 1. The van der Waals surface area contributed by atoms with Gasteiger partial charge in [0.1, 0.15) is 17.2 Å². The van der Waals surface area contributed by atoms with Gasteiger partial charge in [0.15, 0.2) is 0 Å². The van der Waals surface area contributed by atoms with Crippen molar-refractivity contribution >= 4 is 16.9 Å². The van der Waals surface area contributed by atoms with Crippen molar-refractivity contribution in [2.45, 2.75) is 13.3 Å². The van der Waals surface area contributed by atoms with E-state index >= 15 is 0 Å². The summed E-state index contributed by atoms with van der Waals surface area (Å²) in [5.74, 6) is 1.09. The summed E-state index contributed by atoms with van der Waals surface area (Å²) in [6, 6.07) is 11.0. The minimum Gasteiger partial charge on any atom is -0.497 e. The number of ether oxygens (including phenoxy) is 3. The zero-order chi connectivity index (χ0) is 18.7. The number of aromatic amines is 1. The summed E-state index contributed by atoms with van der Waals surface area (Å²) in [5.41, 5.74) is 2.97. The molecule has 0 radical (unpaired) electrons. The van der Waals surface area contributed by atoms with Gasteiger partial charge >= 0.3 is 5.97 Å². The molecule has 2 N–H and O–H groups in total. The Morgan fingerprint density at radius 1 is 1.08 bits per heavy atom. The molecule has 3 rings (SSSR count). The van der Waals surface area contributed by atoms with Gasteiger partial charge in [-0.1, -0.05) is 0 Å². The van der Waals surface area contributed by atoms with Crippen molar-refractivity contribution < 1.29 is 24.1 Å². The molecule has 0 atom stereocenters. The number of carbonyl (C=O) groups is 1. The van der Waals surface area contributed by atoms with Gasteiger partial charge in [-0.3, -0.25) is 4.79 Å². The molecular formula is C20H21NO5. The fourth-order valence-electron chi connectivity index (χ4n) is 3.06. The van der Waals surface area contributed by atoms with Gasteiger partial charge in [0.2, 0.25) is 0 Å². The molecule has 1 aromatic heterocycles. The van der Waals surface area contributed by atoms with Gasteiger partial charge in [-0.05, 0) is 48.9 Å². The number of hydrogen-bond donors (Lipinski definition) is 2. The molecule has 0 unspecified atom stereocenters. The summed E-state index contributed by atoms with van der Waals surface area (Å²) in [5, 5.41) is 10.2. The quantitative estimate of drug-likeness (QED) is 0.672. The largest absolute Gasteiger partial charge is 0.497 e. The Hall–Kier alpha value is -3.15. The molecule has 0 aliphatic rings. The van der Waals surface area contributed by atoms with Gasteiger partial charge in [0.25, 0.3) is 0 Å². The maximum Gasteiger partial charge on any atom is 0.307 e. The fraction of sp³-hybridized carbons (Fsp3) is 0.250. The average Bonchev–Trinajstić information content (AvgIpc) is 2.98. The molecule has 6 nitrogen and oxygen atoms in total. The molecule has 0 saturated carbocycles. The van der Waals surface area contributed by atoms with Crippen molar-refractivity contribution in [1.82, 2.24) is 4.98 Å². The van der Waals surface area contributed by atoms with Crippen LogP contribution < -0.4 is 14.2 Å². The first kappa shape index (κ1) is 17.7. The molecule has 0 amide bonds. The van der Waals surface area contributed by atoms with Crippen LogP contribution in [0.15, 0.2) is 36.4 Å². The Morgan fingerprint density at radius 2 is 1.85 bits per heavy atom. The second-order valence-electron chi connectivity index (χ2n) is 5.76. The number of H-pyrrole nitrogens is 1. The van der Waals surface area contributed by atoms with Crippen molar-refractivity contribution in [2.75, 3.05) is 20.8 Å². The Kier molecular flexibility index (Phi) is 5.02. The van der Waals surface area contributed by atoms with E-state index in [1.165, 1.54) is 0 Å². The van der Waals surface area contributed by atoms with Crippen LogP contribution in [0.3, 0.4) is 0 Å². The molecule has 26 heavy (non-hydrogen) atoms. The maximum absolute atomic E-state index is 11.5. The van der Waals surface area contributed by atoms with Gasteiger partial charge in [-0.15, -0.1) is 0 Å². The van der Waals surface area contributed by atoms with Gasteiger partial charge in [0, 0.05) is 16.5 Å². The van der Waals surface area contributed by atoms with Crippen LogP contribution in [0, 0.1) is 0 Å². The molecule has 0 bridgehead atoms. The number of carboxylic acid groups (broad SMARTS) is 1. The SMILES string of the molecule is CCOc1ccc2[nH]c(-c3cc(OC)ccc3OC)c(CC(=O)O)c2c1. The number of rotatable bonds is 7. The number of aliphatic carboxylic acids is 1. The van der Waals surface area contributed by atoms with Gasteiger partial charge in [0.05, 0.1) is 32.9 Å². The molecule has 0 aliphatic carbocycles. The highest BCUT2D eigenvalue weighted by atomic mass is 16.5. The zero-order valence-electron chi connectivity index (χ0n) is 15.0. The topological polar surface area (TPSA) is 80.8 Å². The second kappa shape index (κ2) is 7.39. The van der Waals surface area contributed by atoms with Crippen LogP contribution in [0.2, 0.25) is 0 Å². The van der Waals surface area contributed by atoms with E-state index in [9.17, 15) is 9.90 Å². The van der Waals surface area contributed by atoms with Crippen molar-refractivity contribution in [3.8, 4) is 28.5 Å². The molecule has 0 spiro atoms. The lowest BCUT2D eigenvalue weighted by atomic mass is 10.0. The standard InChI is InChI=1S/C20H21NO5/c1-4-26-13-5-7-17-14(10-13)15(11-19(22)23)20(21-17)16-9-12(24-2)6-8-18(16)25-3/h5-10,21H,4,11H2,1-3H3,(H,22,23). The molecule has 6 heteroatoms. The lowest BCUT2D eigenvalue weighted by molar-refractivity contribution is -0.136. The van der Waals surface area contributed by atoms with E-state index in [1.54, 1.807) is 26.4 Å². The molecular weight excluding hydrogens is 334 g/mol. The smallest absolute Gasteiger partial charge is 0.307 e. The molecule has 0 saturated heterocycles. The first-order valence-electron chi connectivity index (χ1n) is 8.29. The van der Waals surface area contributed by atoms with E-state index in [0.717, 1.165) is 16.5 Å². The van der Waals surface area contributed by atoms with E-state index in [4.69, 9.17) is 14.2 Å². The molecule has 0 fully saturated rings. The fourth-order valence-corrected chi connectivity index (χ4v) is 3.06. The number of carboxylic acids is 1. The Bertz CT molecular complexity index is 945. The van der Waals surface area contributed by atoms with Crippen LogP contribution >= 0.6 is 0 Å². The lowest BCUT2D eigenvalue weighted by Crippen LogP contribution is -2.01. The van der Waals surface area contributed by atoms with Crippen molar-refractivity contribution in [3.63, 3.8) is 0 Å². The highest BCUT2D eigenvalue weighted by molar-refractivity contribution is 5.95.